The van der Waals surface area contributed by atoms with Crippen LogP contribution in [0.5, 0.6) is 0 Å². The van der Waals surface area contributed by atoms with Gasteiger partial charge in [-0.15, -0.1) is 0 Å². The first-order chi connectivity index (χ1) is 9.14. The second-order valence-electron chi connectivity index (χ2n) is 5.54. The minimum absolute atomic E-state index is 0.0434. The topological polar surface area (TPSA) is 29.1 Å². The van der Waals surface area contributed by atoms with Crippen LogP contribution in [0.2, 0.25) is 0 Å². The van der Waals surface area contributed by atoms with E-state index in [9.17, 15) is 4.79 Å². The molecule has 0 aliphatic rings. The maximum absolute atomic E-state index is 11.9. The van der Waals surface area contributed by atoms with Crippen LogP contribution in [0.25, 0.3) is 0 Å². The summed E-state index contributed by atoms with van der Waals surface area (Å²) in [4.78, 5) is 11.9. The smallest absolute Gasteiger partial charge is 0.220 e. The van der Waals surface area contributed by atoms with E-state index < -0.39 is 0 Å². The van der Waals surface area contributed by atoms with Gasteiger partial charge in [-0.3, -0.25) is 4.79 Å². The monoisotopic (exact) mass is 333 g/mol. The molecule has 0 rings (SSSR count). The SMILES string of the molecule is CCCCCCCCCC(=O)NC(CC)(CC)CBr. The van der Waals surface area contributed by atoms with E-state index in [-0.39, 0.29) is 11.4 Å². The predicted octanol–water partition coefficient (Wildman–Crippen LogP) is 5.20. The van der Waals surface area contributed by atoms with E-state index in [1.165, 1.54) is 38.5 Å². The second-order valence-corrected chi connectivity index (χ2v) is 6.10. The molecule has 0 aromatic rings. The highest BCUT2D eigenvalue weighted by Gasteiger charge is 2.26. The second kappa shape index (κ2) is 11.7. The molecule has 0 atom stereocenters. The van der Waals surface area contributed by atoms with Crippen LogP contribution < -0.4 is 5.32 Å². The van der Waals surface area contributed by atoms with Crippen molar-refractivity contribution in [2.75, 3.05) is 5.33 Å². The van der Waals surface area contributed by atoms with Crippen LogP contribution in [0.4, 0.5) is 0 Å². The molecule has 0 bridgehead atoms. The molecule has 0 aromatic heterocycles. The van der Waals surface area contributed by atoms with Crippen molar-refractivity contribution in [2.45, 2.75) is 90.5 Å². The maximum Gasteiger partial charge on any atom is 0.220 e. The molecule has 0 radical (unpaired) electrons. The van der Waals surface area contributed by atoms with Gasteiger partial charge in [0.1, 0.15) is 0 Å². The van der Waals surface area contributed by atoms with Gasteiger partial charge in [-0.05, 0) is 19.3 Å². The molecule has 0 unspecified atom stereocenters. The fourth-order valence-electron chi connectivity index (χ4n) is 2.25. The summed E-state index contributed by atoms with van der Waals surface area (Å²) in [6, 6.07) is 0. The number of halogens is 1. The van der Waals surface area contributed by atoms with Crippen molar-refractivity contribution in [2.24, 2.45) is 0 Å². The van der Waals surface area contributed by atoms with Gasteiger partial charge in [-0.25, -0.2) is 0 Å². The minimum Gasteiger partial charge on any atom is -0.350 e. The number of unbranched alkanes of at least 4 members (excludes halogenated alkanes) is 6. The molecular weight excluding hydrogens is 302 g/mol. The van der Waals surface area contributed by atoms with Crippen LogP contribution in [0.3, 0.4) is 0 Å². The van der Waals surface area contributed by atoms with Gasteiger partial charge in [-0.2, -0.15) is 0 Å². The van der Waals surface area contributed by atoms with Crippen molar-refractivity contribution in [3.8, 4) is 0 Å². The lowest BCUT2D eigenvalue weighted by molar-refractivity contribution is -0.123. The van der Waals surface area contributed by atoms with Gasteiger partial charge in [0.05, 0.1) is 0 Å². The molecule has 19 heavy (non-hydrogen) atoms. The standard InChI is InChI=1S/C16H32BrNO/c1-4-7-8-9-10-11-12-13-15(19)18-16(5-2,6-3)14-17/h4-14H2,1-3H3,(H,18,19). The zero-order valence-electron chi connectivity index (χ0n) is 13.1. The highest BCUT2D eigenvalue weighted by Crippen LogP contribution is 2.18. The first kappa shape index (κ1) is 18.9. The third-order valence-electron chi connectivity index (χ3n) is 4.02. The highest BCUT2D eigenvalue weighted by atomic mass is 79.9. The van der Waals surface area contributed by atoms with Crippen LogP contribution in [0.15, 0.2) is 0 Å². The van der Waals surface area contributed by atoms with Crippen molar-refractivity contribution in [1.82, 2.24) is 5.32 Å². The summed E-state index contributed by atoms with van der Waals surface area (Å²) in [7, 11) is 0. The average molecular weight is 334 g/mol. The number of hydrogen-bond acceptors (Lipinski definition) is 1. The minimum atomic E-state index is -0.0434. The molecule has 0 spiro atoms. The summed E-state index contributed by atoms with van der Waals surface area (Å²) >= 11 is 3.52. The van der Waals surface area contributed by atoms with E-state index in [0.29, 0.717) is 6.42 Å². The number of nitrogens with one attached hydrogen (secondary N) is 1. The van der Waals surface area contributed by atoms with Gasteiger partial charge in [0.25, 0.3) is 0 Å². The van der Waals surface area contributed by atoms with E-state index in [1.807, 2.05) is 0 Å². The average Bonchev–Trinajstić information content (AvgIpc) is 2.44. The molecule has 1 N–H and O–H groups in total. The van der Waals surface area contributed by atoms with Crippen LogP contribution in [0, 0.1) is 0 Å². The summed E-state index contributed by atoms with van der Waals surface area (Å²) in [5.74, 6) is 0.219. The lowest BCUT2D eigenvalue weighted by Gasteiger charge is -2.31. The predicted molar refractivity (Wildman–Crippen MR) is 87.9 cm³/mol. The van der Waals surface area contributed by atoms with E-state index in [1.54, 1.807) is 0 Å². The van der Waals surface area contributed by atoms with Crippen LogP contribution in [0.1, 0.15) is 85.0 Å². The lowest BCUT2D eigenvalue weighted by Crippen LogP contribution is -2.49. The van der Waals surface area contributed by atoms with Crippen molar-refractivity contribution in [3.63, 3.8) is 0 Å². The Hall–Kier alpha value is -0.0500. The molecule has 0 aliphatic carbocycles. The Kier molecular flexibility index (Phi) is 11.7. The molecule has 0 aliphatic heterocycles. The van der Waals surface area contributed by atoms with E-state index in [2.05, 4.69) is 42.0 Å². The Morgan fingerprint density at radius 3 is 1.95 bits per heavy atom. The number of alkyl halides is 1. The summed E-state index contributed by atoms with van der Waals surface area (Å²) in [6.07, 6.45) is 11.5. The molecule has 1 amide bonds. The summed E-state index contributed by atoms with van der Waals surface area (Å²) in [6.45, 7) is 6.51. The fourth-order valence-corrected chi connectivity index (χ4v) is 3.18. The fraction of sp³-hybridized carbons (Fsp3) is 0.938. The molecular formula is C16H32BrNO. The lowest BCUT2D eigenvalue weighted by atomic mass is 9.95. The first-order valence-corrected chi connectivity index (χ1v) is 9.13. The van der Waals surface area contributed by atoms with Crippen LogP contribution >= 0.6 is 15.9 Å². The molecule has 0 saturated carbocycles. The van der Waals surface area contributed by atoms with Crippen molar-refractivity contribution < 1.29 is 4.79 Å². The van der Waals surface area contributed by atoms with Crippen LogP contribution in [-0.2, 0) is 4.79 Å². The molecule has 0 fully saturated rings. The summed E-state index contributed by atoms with van der Waals surface area (Å²) in [5.41, 5.74) is -0.0434. The molecule has 0 heterocycles. The Morgan fingerprint density at radius 1 is 0.947 bits per heavy atom. The normalized spacial score (nSPS) is 11.6. The third-order valence-corrected chi connectivity index (χ3v) is 5.09. The number of hydrogen-bond donors (Lipinski definition) is 1. The molecule has 2 nitrogen and oxygen atoms in total. The Balaban J connectivity index is 3.69. The van der Waals surface area contributed by atoms with Gasteiger partial charge in [-0.1, -0.05) is 75.2 Å². The van der Waals surface area contributed by atoms with E-state index >= 15 is 0 Å². The molecule has 114 valence electrons. The van der Waals surface area contributed by atoms with Crippen LogP contribution in [-0.4, -0.2) is 16.8 Å². The zero-order chi connectivity index (χ0) is 14.6. The number of amides is 1. The molecule has 0 saturated heterocycles. The summed E-state index contributed by atoms with van der Waals surface area (Å²) < 4.78 is 0. The Labute approximate surface area is 128 Å². The first-order valence-electron chi connectivity index (χ1n) is 8.01. The number of carbonyl (C=O) groups is 1. The number of carbonyl (C=O) groups excluding carboxylic acids is 1. The molecule has 0 aromatic carbocycles. The Bertz CT molecular complexity index is 219. The highest BCUT2D eigenvalue weighted by molar-refractivity contribution is 9.09. The quantitative estimate of drug-likeness (QED) is 0.386. The zero-order valence-corrected chi connectivity index (χ0v) is 14.7. The van der Waals surface area contributed by atoms with Gasteiger partial charge < -0.3 is 5.32 Å². The largest absolute Gasteiger partial charge is 0.350 e. The van der Waals surface area contributed by atoms with E-state index in [0.717, 1.165) is 24.6 Å². The van der Waals surface area contributed by atoms with Crippen molar-refractivity contribution in [1.29, 1.82) is 0 Å². The number of rotatable bonds is 12. The maximum atomic E-state index is 11.9. The molecule has 3 heteroatoms. The van der Waals surface area contributed by atoms with Gasteiger partial charge >= 0.3 is 0 Å². The van der Waals surface area contributed by atoms with Gasteiger partial charge in [0, 0.05) is 17.3 Å². The van der Waals surface area contributed by atoms with Crippen molar-refractivity contribution in [3.05, 3.63) is 0 Å². The van der Waals surface area contributed by atoms with Gasteiger partial charge in [0.15, 0.2) is 0 Å². The summed E-state index contributed by atoms with van der Waals surface area (Å²) in [5, 5.41) is 4.05. The van der Waals surface area contributed by atoms with Crippen molar-refractivity contribution >= 4 is 21.8 Å². The Morgan fingerprint density at radius 2 is 1.47 bits per heavy atom. The third kappa shape index (κ3) is 8.67. The van der Waals surface area contributed by atoms with E-state index in [4.69, 9.17) is 0 Å². The van der Waals surface area contributed by atoms with Gasteiger partial charge in [0.2, 0.25) is 5.91 Å².